The van der Waals surface area contributed by atoms with Gasteiger partial charge in [-0.3, -0.25) is 19.8 Å². The van der Waals surface area contributed by atoms with Crippen LogP contribution < -0.4 is 0 Å². The SMILES string of the molecule is Cc1ccccc1-c1noc(CN2CCN(C(=O)c3cccc(C)c3[N+](=O)[O-])CC2)n1. The summed E-state index contributed by atoms with van der Waals surface area (Å²) in [7, 11) is 0. The number of aromatic nitrogens is 2. The summed E-state index contributed by atoms with van der Waals surface area (Å²) in [6.45, 7) is 6.32. The highest BCUT2D eigenvalue weighted by Gasteiger charge is 2.29. The lowest BCUT2D eigenvalue weighted by Gasteiger charge is -2.33. The highest BCUT2D eigenvalue weighted by Crippen LogP contribution is 2.25. The number of para-hydroxylation sites is 1. The van der Waals surface area contributed by atoms with Gasteiger partial charge in [-0.25, -0.2) is 0 Å². The number of hydrogen-bond donors (Lipinski definition) is 0. The van der Waals surface area contributed by atoms with Gasteiger partial charge in [0.15, 0.2) is 0 Å². The van der Waals surface area contributed by atoms with Crippen LogP contribution in [-0.4, -0.2) is 56.9 Å². The summed E-state index contributed by atoms with van der Waals surface area (Å²) in [4.78, 5) is 32.1. The Bertz CT molecular complexity index is 1120. The second-order valence-corrected chi connectivity index (χ2v) is 7.62. The number of benzene rings is 2. The molecule has 31 heavy (non-hydrogen) atoms. The number of aryl methyl sites for hydroxylation is 2. The summed E-state index contributed by atoms with van der Waals surface area (Å²) in [5.74, 6) is 0.774. The normalized spacial score (nSPS) is 14.6. The van der Waals surface area contributed by atoms with Crippen LogP contribution in [-0.2, 0) is 6.54 Å². The molecule has 1 aromatic heterocycles. The molecule has 0 aliphatic carbocycles. The molecule has 0 atom stereocenters. The van der Waals surface area contributed by atoms with Crippen molar-refractivity contribution >= 4 is 11.6 Å². The van der Waals surface area contributed by atoms with E-state index in [2.05, 4.69) is 15.0 Å². The van der Waals surface area contributed by atoms with Crippen LogP contribution in [0.5, 0.6) is 0 Å². The number of nitrogens with zero attached hydrogens (tertiary/aromatic N) is 5. The van der Waals surface area contributed by atoms with Crippen molar-refractivity contribution in [3.63, 3.8) is 0 Å². The molecule has 1 aliphatic rings. The third-order valence-electron chi connectivity index (χ3n) is 5.52. The summed E-state index contributed by atoms with van der Waals surface area (Å²) in [5, 5.41) is 15.5. The zero-order valence-corrected chi connectivity index (χ0v) is 17.4. The van der Waals surface area contributed by atoms with Crippen molar-refractivity contribution in [3.05, 3.63) is 75.2 Å². The second kappa shape index (κ2) is 8.65. The van der Waals surface area contributed by atoms with Gasteiger partial charge in [0.25, 0.3) is 11.6 Å². The van der Waals surface area contributed by atoms with Gasteiger partial charge >= 0.3 is 0 Å². The van der Waals surface area contributed by atoms with E-state index in [-0.39, 0.29) is 17.2 Å². The molecule has 0 unspecified atom stereocenters. The van der Waals surface area contributed by atoms with Crippen molar-refractivity contribution < 1.29 is 14.2 Å². The number of nitro groups is 1. The number of carbonyl (C=O) groups is 1. The van der Waals surface area contributed by atoms with Crippen LogP contribution in [0.25, 0.3) is 11.4 Å². The zero-order chi connectivity index (χ0) is 22.0. The fourth-order valence-corrected chi connectivity index (χ4v) is 3.80. The van der Waals surface area contributed by atoms with Crippen LogP contribution in [0.2, 0.25) is 0 Å². The molecule has 9 nitrogen and oxygen atoms in total. The van der Waals surface area contributed by atoms with Crippen molar-refractivity contribution in [2.45, 2.75) is 20.4 Å². The molecule has 1 fully saturated rings. The molecule has 0 N–H and O–H groups in total. The largest absolute Gasteiger partial charge is 0.338 e. The average molecular weight is 421 g/mol. The first kappa shape index (κ1) is 20.7. The van der Waals surface area contributed by atoms with E-state index in [4.69, 9.17) is 4.52 Å². The molecule has 160 valence electrons. The number of amides is 1. The summed E-state index contributed by atoms with van der Waals surface area (Å²) < 4.78 is 5.42. The first-order chi connectivity index (χ1) is 14.9. The number of carbonyl (C=O) groups excluding carboxylic acids is 1. The molecule has 3 aromatic rings. The predicted molar refractivity (Wildman–Crippen MR) is 113 cm³/mol. The molecular weight excluding hydrogens is 398 g/mol. The lowest BCUT2D eigenvalue weighted by atomic mass is 10.1. The number of rotatable bonds is 5. The van der Waals surface area contributed by atoms with E-state index in [9.17, 15) is 14.9 Å². The van der Waals surface area contributed by atoms with Crippen molar-refractivity contribution in [1.82, 2.24) is 19.9 Å². The van der Waals surface area contributed by atoms with Gasteiger partial charge in [0.2, 0.25) is 11.7 Å². The second-order valence-electron chi connectivity index (χ2n) is 7.62. The van der Waals surface area contributed by atoms with E-state index in [0.717, 1.165) is 11.1 Å². The number of piperazine rings is 1. The van der Waals surface area contributed by atoms with Gasteiger partial charge in [-0.2, -0.15) is 4.98 Å². The molecule has 0 bridgehead atoms. The molecule has 2 aromatic carbocycles. The Morgan fingerprint density at radius 1 is 1.06 bits per heavy atom. The van der Waals surface area contributed by atoms with Crippen molar-refractivity contribution in [1.29, 1.82) is 0 Å². The predicted octanol–water partition coefficient (Wildman–Crippen LogP) is 3.22. The highest BCUT2D eigenvalue weighted by atomic mass is 16.6. The number of hydrogen-bond acceptors (Lipinski definition) is 7. The fourth-order valence-electron chi connectivity index (χ4n) is 3.80. The van der Waals surface area contributed by atoms with Gasteiger partial charge in [0.1, 0.15) is 5.56 Å². The van der Waals surface area contributed by atoms with Crippen LogP contribution in [0, 0.1) is 24.0 Å². The van der Waals surface area contributed by atoms with Crippen LogP contribution in [0.15, 0.2) is 47.0 Å². The van der Waals surface area contributed by atoms with Crippen molar-refractivity contribution in [3.8, 4) is 11.4 Å². The van der Waals surface area contributed by atoms with Gasteiger partial charge < -0.3 is 9.42 Å². The quantitative estimate of drug-likeness (QED) is 0.460. The Kier molecular flexibility index (Phi) is 5.77. The monoisotopic (exact) mass is 421 g/mol. The Morgan fingerprint density at radius 2 is 1.77 bits per heavy atom. The molecule has 1 amide bonds. The smallest absolute Gasteiger partial charge is 0.285 e. The lowest BCUT2D eigenvalue weighted by Crippen LogP contribution is -2.48. The van der Waals surface area contributed by atoms with Gasteiger partial charge in [0, 0.05) is 37.3 Å². The van der Waals surface area contributed by atoms with E-state index in [1.165, 1.54) is 6.07 Å². The topological polar surface area (TPSA) is 106 Å². The minimum absolute atomic E-state index is 0.121. The summed E-state index contributed by atoms with van der Waals surface area (Å²) in [6, 6.07) is 12.7. The maximum atomic E-state index is 12.9. The Morgan fingerprint density at radius 3 is 2.48 bits per heavy atom. The lowest BCUT2D eigenvalue weighted by molar-refractivity contribution is -0.385. The van der Waals surface area contributed by atoms with Crippen LogP contribution in [0.3, 0.4) is 0 Å². The zero-order valence-electron chi connectivity index (χ0n) is 17.4. The van der Waals surface area contributed by atoms with Crippen LogP contribution >= 0.6 is 0 Å². The average Bonchev–Trinajstić information content (AvgIpc) is 3.22. The Labute approximate surface area is 179 Å². The van der Waals surface area contributed by atoms with Gasteiger partial charge in [0.05, 0.1) is 11.5 Å². The summed E-state index contributed by atoms with van der Waals surface area (Å²) in [5.41, 5.74) is 2.51. The molecule has 0 saturated carbocycles. The maximum Gasteiger partial charge on any atom is 0.285 e. The van der Waals surface area contributed by atoms with Crippen LogP contribution in [0.4, 0.5) is 5.69 Å². The highest BCUT2D eigenvalue weighted by molar-refractivity contribution is 5.98. The Balaban J connectivity index is 1.39. The molecule has 4 rings (SSSR count). The standard InChI is InChI=1S/C22H23N5O4/c1-15-6-3-4-8-17(15)21-23-19(31-24-21)14-25-10-12-26(13-11-25)22(28)18-9-5-7-16(2)20(18)27(29)30/h3-9H,10-14H2,1-2H3. The minimum atomic E-state index is -0.486. The first-order valence-electron chi connectivity index (χ1n) is 10.1. The molecule has 9 heteroatoms. The van der Waals surface area contributed by atoms with E-state index in [1.54, 1.807) is 24.0 Å². The van der Waals surface area contributed by atoms with E-state index in [1.807, 2.05) is 31.2 Å². The fraction of sp³-hybridized carbons (Fsp3) is 0.318. The maximum absolute atomic E-state index is 12.9. The summed E-state index contributed by atoms with van der Waals surface area (Å²) in [6.07, 6.45) is 0. The molecule has 1 aliphatic heterocycles. The van der Waals surface area contributed by atoms with Gasteiger partial charge in [-0.15, -0.1) is 0 Å². The first-order valence-corrected chi connectivity index (χ1v) is 10.1. The van der Waals surface area contributed by atoms with Crippen molar-refractivity contribution in [2.24, 2.45) is 0 Å². The van der Waals surface area contributed by atoms with Gasteiger partial charge in [-0.05, 0) is 25.5 Å². The van der Waals surface area contributed by atoms with E-state index in [0.29, 0.717) is 50.0 Å². The van der Waals surface area contributed by atoms with E-state index >= 15 is 0 Å². The molecular formula is C22H23N5O4. The van der Waals surface area contributed by atoms with Gasteiger partial charge in [-0.1, -0.05) is 41.6 Å². The summed E-state index contributed by atoms with van der Waals surface area (Å²) >= 11 is 0. The molecule has 2 heterocycles. The third-order valence-corrected chi connectivity index (χ3v) is 5.52. The van der Waals surface area contributed by atoms with E-state index < -0.39 is 4.92 Å². The number of nitro benzene ring substituents is 1. The molecule has 1 saturated heterocycles. The molecule has 0 radical (unpaired) electrons. The minimum Gasteiger partial charge on any atom is -0.338 e. The van der Waals surface area contributed by atoms with Crippen LogP contribution in [0.1, 0.15) is 27.4 Å². The Hall–Kier alpha value is -3.59. The molecule has 0 spiro atoms. The van der Waals surface area contributed by atoms with Crippen molar-refractivity contribution in [2.75, 3.05) is 26.2 Å². The third kappa shape index (κ3) is 4.31.